The molecule has 0 amide bonds. The Morgan fingerprint density at radius 3 is 2.42 bits per heavy atom. The summed E-state index contributed by atoms with van der Waals surface area (Å²) in [6.07, 6.45) is 6.37. The van der Waals surface area contributed by atoms with Crippen LogP contribution in [0.25, 0.3) is 11.3 Å². The number of fused-ring (bicyclic) bond motifs is 1. The van der Waals surface area contributed by atoms with Gasteiger partial charge in [0, 0.05) is 29.2 Å². The summed E-state index contributed by atoms with van der Waals surface area (Å²) in [5, 5.41) is 0. The number of furan rings is 1. The molecule has 0 radical (unpaired) electrons. The van der Waals surface area contributed by atoms with Gasteiger partial charge in [-0.3, -0.25) is 14.4 Å². The van der Waals surface area contributed by atoms with Gasteiger partial charge in [-0.15, -0.1) is 0 Å². The minimum Gasteiger partial charge on any atom is -0.463 e. The van der Waals surface area contributed by atoms with E-state index in [1.165, 1.54) is 6.26 Å². The maximum Gasteiger partial charge on any atom is 0.237 e. The van der Waals surface area contributed by atoms with Gasteiger partial charge in [0.2, 0.25) is 11.6 Å². The zero-order valence-corrected chi connectivity index (χ0v) is 14.1. The number of hydrogen-bond donors (Lipinski definition) is 0. The van der Waals surface area contributed by atoms with Crippen molar-refractivity contribution >= 4 is 22.9 Å². The molecular weight excluding hydrogens is 332 g/mol. The topological polar surface area (TPSA) is 82.2 Å². The number of carbonyl (C=O) groups excluding carboxylic acids is 3. The number of hydrogen-bond acceptors (Lipinski definition) is 5. The van der Waals surface area contributed by atoms with Crippen molar-refractivity contribution in [2.24, 2.45) is 0 Å². The summed E-state index contributed by atoms with van der Waals surface area (Å²) in [5.74, 6) is -1.36. The van der Waals surface area contributed by atoms with Crippen LogP contribution in [-0.4, -0.2) is 26.9 Å². The van der Waals surface area contributed by atoms with E-state index in [9.17, 15) is 14.4 Å². The molecule has 0 saturated heterocycles. The molecule has 2 aromatic heterocycles. The molecule has 128 valence electrons. The highest BCUT2D eigenvalue weighted by molar-refractivity contribution is 6.53. The van der Waals surface area contributed by atoms with Gasteiger partial charge in [0.15, 0.2) is 5.78 Å². The number of carbonyl (C=O) groups is 3. The molecule has 0 N–H and O–H groups in total. The maximum atomic E-state index is 12.9. The van der Waals surface area contributed by atoms with Crippen molar-refractivity contribution in [3.05, 3.63) is 77.3 Å². The average molecular weight is 346 g/mol. The van der Waals surface area contributed by atoms with E-state index in [0.717, 1.165) is 5.69 Å². The van der Waals surface area contributed by atoms with E-state index in [2.05, 4.69) is 4.98 Å². The molecule has 6 nitrogen and oxygen atoms in total. The van der Waals surface area contributed by atoms with Gasteiger partial charge in [0.1, 0.15) is 12.0 Å². The van der Waals surface area contributed by atoms with Crippen molar-refractivity contribution in [2.75, 3.05) is 0 Å². The molecule has 3 aromatic rings. The first kappa shape index (κ1) is 16.0. The third-order valence-electron chi connectivity index (χ3n) is 4.64. The first-order chi connectivity index (χ1) is 12.5. The van der Waals surface area contributed by atoms with E-state index in [1.807, 2.05) is 4.57 Å². The largest absolute Gasteiger partial charge is 0.463 e. The Labute approximate surface area is 148 Å². The van der Waals surface area contributed by atoms with Crippen LogP contribution in [0.3, 0.4) is 0 Å². The van der Waals surface area contributed by atoms with Crippen LogP contribution in [0.15, 0.2) is 59.2 Å². The van der Waals surface area contributed by atoms with Crippen molar-refractivity contribution in [3.8, 4) is 5.69 Å². The van der Waals surface area contributed by atoms with Crippen molar-refractivity contribution in [2.45, 2.75) is 13.8 Å². The molecule has 0 aliphatic heterocycles. The van der Waals surface area contributed by atoms with Crippen LogP contribution in [0.2, 0.25) is 0 Å². The molecule has 0 atom stereocenters. The summed E-state index contributed by atoms with van der Waals surface area (Å²) in [5.41, 5.74) is 2.36. The molecule has 6 heteroatoms. The lowest BCUT2D eigenvalue weighted by atomic mass is 9.87. The molecule has 0 spiro atoms. The van der Waals surface area contributed by atoms with E-state index in [1.54, 1.807) is 56.8 Å². The van der Waals surface area contributed by atoms with Gasteiger partial charge in [0.05, 0.1) is 17.5 Å². The monoisotopic (exact) mass is 346 g/mol. The summed E-state index contributed by atoms with van der Waals surface area (Å²) < 4.78 is 7.26. The summed E-state index contributed by atoms with van der Waals surface area (Å²) in [6.45, 7) is 3.29. The second-order valence-electron chi connectivity index (χ2n) is 6.11. The Kier molecular flexibility index (Phi) is 3.54. The lowest BCUT2D eigenvalue weighted by Crippen LogP contribution is -2.23. The number of ketones is 3. The van der Waals surface area contributed by atoms with E-state index >= 15 is 0 Å². The average Bonchev–Trinajstić information content (AvgIpc) is 3.34. The zero-order valence-electron chi connectivity index (χ0n) is 14.1. The summed E-state index contributed by atoms with van der Waals surface area (Å²) in [4.78, 5) is 41.4. The normalized spacial score (nSPS) is 13.9. The quantitative estimate of drug-likeness (QED) is 0.537. The van der Waals surface area contributed by atoms with Gasteiger partial charge < -0.3 is 8.98 Å². The number of nitrogens with zero attached hydrogens (tertiary/aromatic N) is 2. The van der Waals surface area contributed by atoms with Gasteiger partial charge in [-0.05, 0) is 43.7 Å². The van der Waals surface area contributed by atoms with Crippen LogP contribution < -0.4 is 0 Å². The van der Waals surface area contributed by atoms with Crippen LogP contribution in [0.4, 0.5) is 0 Å². The Morgan fingerprint density at radius 1 is 1.04 bits per heavy atom. The Balaban J connectivity index is 1.74. The Bertz CT molecular complexity index is 1080. The van der Waals surface area contributed by atoms with Crippen molar-refractivity contribution < 1.29 is 18.8 Å². The standard InChI is InChI=1S/C20H14N2O4/c1-11-12(2)20-16(19(25)17(11)23)15(9-26-20)18(24)13-3-5-14(6-4-13)22-8-7-21-10-22/h3-10H,1-2H3. The van der Waals surface area contributed by atoms with Gasteiger partial charge in [-0.2, -0.15) is 0 Å². The van der Waals surface area contributed by atoms with E-state index in [-0.39, 0.29) is 16.9 Å². The second-order valence-corrected chi connectivity index (χ2v) is 6.11. The number of benzene rings is 1. The first-order valence-corrected chi connectivity index (χ1v) is 8.00. The van der Waals surface area contributed by atoms with Gasteiger partial charge >= 0.3 is 0 Å². The van der Waals surface area contributed by atoms with E-state index < -0.39 is 11.6 Å². The lowest BCUT2D eigenvalue weighted by Gasteiger charge is -2.12. The number of aromatic nitrogens is 2. The molecule has 0 fully saturated rings. The molecule has 2 heterocycles. The number of imidazole rings is 1. The SMILES string of the molecule is CC1=C(C)c2occ(C(=O)c3ccc(-n4ccnc4)cc3)c2C(=O)C1=O. The maximum absolute atomic E-state index is 12.9. The van der Waals surface area contributed by atoms with E-state index in [0.29, 0.717) is 22.5 Å². The van der Waals surface area contributed by atoms with Crippen molar-refractivity contribution in [1.82, 2.24) is 9.55 Å². The van der Waals surface area contributed by atoms with E-state index in [4.69, 9.17) is 4.42 Å². The van der Waals surface area contributed by atoms with Crippen LogP contribution >= 0.6 is 0 Å². The third kappa shape index (κ3) is 2.27. The fourth-order valence-corrected chi connectivity index (χ4v) is 3.00. The fourth-order valence-electron chi connectivity index (χ4n) is 3.00. The van der Waals surface area contributed by atoms with Crippen LogP contribution in [0.1, 0.15) is 45.9 Å². The van der Waals surface area contributed by atoms with Gasteiger partial charge in [-0.1, -0.05) is 0 Å². The first-order valence-electron chi connectivity index (χ1n) is 8.00. The number of Topliss-reactive ketones (excluding diaryl/α,β-unsaturated/α-hetero) is 2. The Morgan fingerprint density at radius 2 is 1.77 bits per heavy atom. The summed E-state index contributed by atoms with van der Waals surface area (Å²) in [7, 11) is 0. The Hall–Kier alpha value is -3.54. The highest BCUT2D eigenvalue weighted by atomic mass is 16.3. The molecule has 1 aliphatic rings. The number of allylic oxidation sites excluding steroid dienone is 2. The van der Waals surface area contributed by atoms with Gasteiger partial charge in [0.25, 0.3) is 0 Å². The van der Waals surface area contributed by atoms with Crippen molar-refractivity contribution in [3.63, 3.8) is 0 Å². The zero-order chi connectivity index (χ0) is 18.4. The van der Waals surface area contributed by atoms with Crippen molar-refractivity contribution in [1.29, 1.82) is 0 Å². The van der Waals surface area contributed by atoms with Crippen LogP contribution in [0.5, 0.6) is 0 Å². The predicted molar refractivity (Wildman–Crippen MR) is 93.3 cm³/mol. The predicted octanol–water partition coefficient (Wildman–Crippen LogP) is 3.26. The highest BCUT2D eigenvalue weighted by Gasteiger charge is 2.35. The highest BCUT2D eigenvalue weighted by Crippen LogP contribution is 2.33. The molecule has 0 unspecified atom stereocenters. The minimum atomic E-state index is -0.699. The molecule has 0 bridgehead atoms. The summed E-state index contributed by atoms with van der Waals surface area (Å²) in [6, 6.07) is 6.90. The summed E-state index contributed by atoms with van der Waals surface area (Å²) >= 11 is 0. The molecule has 1 aliphatic carbocycles. The second kappa shape index (κ2) is 5.77. The van der Waals surface area contributed by atoms with Crippen LogP contribution in [-0.2, 0) is 4.79 Å². The molecule has 4 rings (SSSR count). The van der Waals surface area contributed by atoms with Crippen LogP contribution in [0, 0.1) is 0 Å². The molecule has 0 saturated carbocycles. The smallest absolute Gasteiger partial charge is 0.237 e. The molecule has 26 heavy (non-hydrogen) atoms. The molecule has 1 aromatic carbocycles. The third-order valence-corrected chi connectivity index (χ3v) is 4.64. The minimum absolute atomic E-state index is 0.0572. The molecular formula is C20H14N2O4. The lowest BCUT2D eigenvalue weighted by molar-refractivity contribution is -0.111. The number of rotatable bonds is 3. The fraction of sp³-hybridized carbons (Fsp3) is 0.100. The van der Waals surface area contributed by atoms with Gasteiger partial charge in [-0.25, -0.2) is 4.98 Å².